The summed E-state index contributed by atoms with van der Waals surface area (Å²) >= 11 is 0. The molecule has 0 unspecified atom stereocenters. The van der Waals surface area contributed by atoms with Gasteiger partial charge < -0.3 is 15.7 Å². The Morgan fingerprint density at radius 1 is 1.11 bits per heavy atom. The molecule has 0 bridgehead atoms. The molecule has 3 rings (SSSR count). The average molecular weight is 238 g/mol. The van der Waals surface area contributed by atoms with Crippen LogP contribution in [0.15, 0.2) is 48.8 Å². The van der Waals surface area contributed by atoms with Crippen LogP contribution in [0, 0.1) is 0 Å². The van der Waals surface area contributed by atoms with Crippen molar-refractivity contribution in [1.29, 1.82) is 0 Å². The van der Waals surface area contributed by atoms with Gasteiger partial charge in [-0.1, -0.05) is 18.2 Å². The molecule has 0 aliphatic rings. The molecule has 0 aliphatic carbocycles. The van der Waals surface area contributed by atoms with Crippen LogP contribution in [0.25, 0.3) is 22.8 Å². The highest BCUT2D eigenvalue weighted by Gasteiger charge is 2.06. The maximum Gasteiger partial charge on any atom is 0.137 e. The van der Waals surface area contributed by atoms with Crippen LogP contribution in [0.1, 0.15) is 5.56 Å². The predicted molar refractivity (Wildman–Crippen MR) is 71.7 cm³/mol. The molecule has 4 N–H and O–H groups in total. The smallest absolute Gasteiger partial charge is 0.137 e. The topological polar surface area (TPSA) is 70.5 Å². The van der Waals surface area contributed by atoms with E-state index in [9.17, 15) is 0 Å². The highest BCUT2D eigenvalue weighted by Crippen LogP contribution is 2.21. The fraction of sp³-hybridized carbons (Fsp3) is 0.0714. The molecule has 2 heterocycles. The molecule has 0 aliphatic heterocycles. The standard InChI is InChI=1S/C14H14N4/c15-8-10-3-1-4-11(7-10)14-17-9-13(18-14)12-5-2-6-16-12/h1-7,9,16H,8,15H2,(H,17,18). The quantitative estimate of drug-likeness (QED) is 0.656. The molecular formula is C14H14N4. The molecule has 0 saturated heterocycles. The summed E-state index contributed by atoms with van der Waals surface area (Å²) in [6, 6.07) is 12.1. The van der Waals surface area contributed by atoms with Gasteiger partial charge in [0.2, 0.25) is 0 Å². The summed E-state index contributed by atoms with van der Waals surface area (Å²) < 4.78 is 0. The van der Waals surface area contributed by atoms with Gasteiger partial charge in [-0.2, -0.15) is 0 Å². The summed E-state index contributed by atoms with van der Waals surface area (Å²) in [5.74, 6) is 0.856. The van der Waals surface area contributed by atoms with E-state index in [1.807, 2.05) is 42.7 Å². The van der Waals surface area contributed by atoms with E-state index in [0.717, 1.165) is 28.3 Å². The molecule has 4 nitrogen and oxygen atoms in total. The van der Waals surface area contributed by atoms with Crippen molar-refractivity contribution in [3.05, 3.63) is 54.4 Å². The van der Waals surface area contributed by atoms with Crippen molar-refractivity contribution in [3.8, 4) is 22.8 Å². The van der Waals surface area contributed by atoms with E-state index in [4.69, 9.17) is 5.73 Å². The maximum absolute atomic E-state index is 5.64. The summed E-state index contributed by atoms with van der Waals surface area (Å²) in [6.45, 7) is 0.540. The Morgan fingerprint density at radius 3 is 2.83 bits per heavy atom. The fourth-order valence-corrected chi connectivity index (χ4v) is 1.95. The second kappa shape index (κ2) is 4.50. The minimum Gasteiger partial charge on any atom is -0.360 e. The molecule has 0 fully saturated rings. The Hall–Kier alpha value is -2.33. The van der Waals surface area contributed by atoms with Gasteiger partial charge >= 0.3 is 0 Å². The number of nitrogens with zero attached hydrogens (tertiary/aromatic N) is 1. The third-order valence-electron chi connectivity index (χ3n) is 2.90. The van der Waals surface area contributed by atoms with Crippen molar-refractivity contribution in [1.82, 2.24) is 15.0 Å². The van der Waals surface area contributed by atoms with Crippen LogP contribution < -0.4 is 5.73 Å². The van der Waals surface area contributed by atoms with Gasteiger partial charge in [0.1, 0.15) is 5.82 Å². The van der Waals surface area contributed by atoms with Gasteiger partial charge in [-0.3, -0.25) is 0 Å². The van der Waals surface area contributed by atoms with Gasteiger partial charge in [-0.15, -0.1) is 0 Å². The van der Waals surface area contributed by atoms with E-state index >= 15 is 0 Å². The third kappa shape index (κ3) is 1.94. The molecule has 0 amide bonds. The molecular weight excluding hydrogens is 224 g/mol. The van der Waals surface area contributed by atoms with E-state index < -0.39 is 0 Å². The van der Waals surface area contributed by atoms with Crippen molar-refractivity contribution in [2.75, 3.05) is 0 Å². The first kappa shape index (κ1) is 10.8. The summed E-state index contributed by atoms with van der Waals surface area (Å²) in [4.78, 5) is 10.9. The molecule has 90 valence electrons. The number of nitrogens with two attached hydrogens (primary N) is 1. The number of nitrogens with one attached hydrogen (secondary N) is 2. The zero-order valence-electron chi connectivity index (χ0n) is 9.85. The molecule has 1 aromatic carbocycles. The number of aromatic nitrogens is 3. The molecule has 0 saturated carbocycles. The number of rotatable bonds is 3. The van der Waals surface area contributed by atoms with Crippen LogP contribution in [0.3, 0.4) is 0 Å². The van der Waals surface area contributed by atoms with Gasteiger partial charge in [-0.05, 0) is 23.8 Å². The van der Waals surface area contributed by atoms with E-state index in [-0.39, 0.29) is 0 Å². The second-order valence-corrected chi connectivity index (χ2v) is 4.13. The van der Waals surface area contributed by atoms with Crippen molar-refractivity contribution in [3.63, 3.8) is 0 Å². The minimum atomic E-state index is 0.540. The number of imidazole rings is 1. The zero-order chi connectivity index (χ0) is 12.4. The summed E-state index contributed by atoms with van der Waals surface area (Å²) in [7, 11) is 0. The predicted octanol–water partition coefficient (Wildman–Crippen LogP) is 2.53. The lowest BCUT2D eigenvalue weighted by Crippen LogP contribution is -1.96. The van der Waals surface area contributed by atoms with Crippen molar-refractivity contribution < 1.29 is 0 Å². The lowest BCUT2D eigenvalue weighted by Gasteiger charge is -2.00. The Bertz CT molecular complexity index is 637. The highest BCUT2D eigenvalue weighted by atomic mass is 14.9. The number of hydrogen-bond acceptors (Lipinski definition) is 2. The van der Waals surface area contributed by atoms with Crippen LogP contribution in [-0.2, 0) is 6.54 Å². The normalized spacial score (nSPS) is 10.7. The molecule has 0 spiro atoms. The number of H-pyrrole nitrogens is 2. The van der Waals surface area contributed by atoms with Crippen LogP contribution >= 0.6 is 0 Å². The average Bonchev–Trinajstić information content (AvgIpc) is 3.09. The second-order valence-electron chi connectivity index (χ2n) is 4.13. The van der Waals surface area contributed by atoms with Gasteiger partial charge in [0.05, 0.1) is 17.6 Å². The first-order valence-electron chi connectivity index (χ1n) is 5.85. The van der Waals surface area contributed by atoms with Gasteiger partial charge in [-0.25, -0.2) is 4.98 Å². The Balaban J connectivity index is 1.97. The summed E-state index contributed by atoms with van der Waals surface area (Å²) in [5.41, 5.74) is 9.81. The van der Waals surface area contributed by atoms with Gasteiger partial charge in [0.25, 0.3) is 0 Å². The van der Waals surface area contributed by atoms with Crippen molar-refractivity contribution in [2.45, 2.75) is 6.54 Å². The van der Waals surface area contributed by atoms with Crippen LogP contribution in [0.4, 0.5) is 0 Å². The largest absolute Gasteiger partial charge is 0.360 e. The molecule has 0 atom stereocenters. The number of aromatic amines is 2. The number of hydrogen-bond donors (Lipinski definition) is 3. The molecule has 2 aromatic heterocycles. The fourth-order valence-electron chi connectivity index (χ4n) is 1.95. The third-order valence-corrected chi connectivity index (χ3v) is 2.90. The molecule has 3 aromatic rings. The van der Waals surface area contributed by atoms with Gasteiger partial charge in [0.15, 0.2) is 0 Å². The van der Waals surface area contributed by atoms with Crippen LogP contribution in [0.5, 0.6) is 0 Å². The molecule has 18 heavy (non-hydrogen) atoms. The summed E-state index contributed by atoms with van der Waals surface area (Å²) in [6.07, 6.45) is 3.72. The molecule has 4 heteroatoms. The van der Waals surface area contributed by atoms with E-state index in [2.05, 4.69) is 21.0 Å². The van der Waals surface area contributed by atoms with Crippen molar-refractivity contribution >= 4 is 0 Å². The zero-order valence-corrected chi connectivity index (χ0v) is 9.85. The van der Waals surface area contributed by atoms with Gasteiger partial charge in [0, 0.05) is 18.3 Å². The van der Waals surface area contributed by atoms with E-state index in [0.29, 0.717) is 6.54 Å². The Kier molecular flexibility index (Phi) is 2.70. The van der Waals surface area contributed by atoms with Crippen molar-refractivity contribution in [2.24, 2.45) is 5.73 Å². The lowest BCUT2D eigenvalue weighted by atomic mass is 10.1. The van der Waals surface area contributed by atoms with E-state index in [1.165, 1.54) is 0 Å². The lowest BCUT2D eigenvalue weighted by molar-refractivity contribution is 1.07. The Labute approximate surface area is 105 Å². The SMILES string of the molecule is NCc1cccc(-c2ncc(-c3ccc[nH]3)[nH]2)c1. The van der Waals surface area contributed by atoms with Crippen LogP contribution in [-0.4, -0.2) is 15.0 Å². The first-order valence-corrected chi connectivity index (χ1v) is 5.85. The number of benzene rings is 1. The maximum atomic E-state index is 5.64. The summed E-state index contributed by atoms with van der Waals surface area (Å²) in [5, 5.41) is 0. The highest BCUT2D eigenvalue weighted by molar-refractivity contribution is 5.62. The van der Waals surface area contributed by atoms with Crippen LogP contribution in [0.2, 0.25) is 0 Å². The minimum absolute atomic E-state index is 0.540. The van der Waals surface area contributed by atoms with E-state index in [1.54, 1.807) is 0 Å². The first-order chi connectivity index (χ1) is 8.86. The molecule has 0 radical (unpaired) electrons. The monoisotopic (exact) mass is 238 g/mol. The Morgan fingerprint density at radius 2 is 2.06 bits per heavy atom.